The highest BCUT2D eigenvalue weighted by molar-refractivity contribution is 5.95. The number of carbonyl (C=O) groups is 2. The topological polar surface area (TPSA) is 59.7 Å². The summed E-state index contributed by atoms with van der Waals surface area (Å²) in [6.45, 7) is 0.558. The zero-order valence-corrected chi connectivity index (χ0v) is 20.7. The number of nitrogens with zero attached hydrogens (tertiary/aromatic N) is 3. The van der Waals surface area contributed by atoms with E-state index in [9.17, 15) is 35.9 Å². The quantitative estimate of drug-likeness (QED) is 0.479. The van der Waals surface area contributed by atoms with Gasteiger partial charge in [0, 0.05) is 62.4 Å². The highest BCUT2D eigenvalue weighted by Gasteiger charge is 2.39. The first-order valence-electron chi connectivity index (χ1n) is 11.8. The maximum absolute atomic E-state index is 13.5. The van der Waals surface area contributed by atoms with E-state index in [-0.39, 0.29) is 44.6 Å². The molecule has 1 N–H and O–H groups in total. The third-order valence-corrected chi connectivity index (χ3v) is 6.65. The second-order valence-corrected chi connectivity index (χ2v) is 9.53. The Kier molecular flexibility index (Phi) is 7.46. The van der Waals surface area contributed by atoms with E-state index in [1.165, 1.54) is 9.80 Å². The lowest BCUT2D eigenvalue weighted by Gasteiger charge is -2.41. The predicted octanol–water partition coefficient (Wildman–Crippen LogP) is 4.66. The number of aromatic nitrogens is 1. The molecule has 0 saturated carbocycles. The van der Waals surface area contributed by atoms with E-state index >= 15 is 0 Å². The molecule has 3 aromatic rings. The molecule has 1 aromatic heterocycles. The fraction of sp³-hybridized carbons (Fsp3) is 0.385. The highest BCUT2D eigenvalue weighted by Crippen LogP contribution is 2.37. The largest absolute Gasteiger partial charge is 0.416 e. The summed E-state index contributed by atoms with van der Waals surface area (Å²) in [5.74, 6) is -1.09. The first kappa shape index (κ1) is 27.5. The van der Waals surface area contributed by atoms with Gasteiger partial charge in [0.05, 0.1) is 17.7 Å². The molecule has 1 unspecified atom stereocenters. The summed E-state index contributed by atoms with van der Waals surface area (Å²) in [5, 5.41) is 0.889. The van der Waals surface area contributed by atoms with Crippen molar-refractivity contribution in [2.75, 3.05) is 40.3 Å². The summed E-state index contributed by atoms with van der Waals surface area (Å²) < 4.78 is 80.5. The number of hydrogen-bond donors (Lipinski definition) is 1. The maximum atomic E-state index is 13.5. The molecule has 12 heteroatoms. The minimum absolute atomic E-state index is 0.00496. The number of amides is 2. The second-order valence-electron chi connectivity index (χ2n) is 9.53. The minimum atomic E-state index is -5.06. The van der Waals surface area contributed by atoms with Gasteiger partial charge >= 0.3 is 12.4 Å². The van der Waals surface area contributed by atoms with Crippen LogP contribution in [0.3, 0.4) is 0 Å². The number of hydrogen-bond acceptors (Lipinski definition) is 3. The number of aromatic amines is 1. The van der Waals surface area contributed by atoms with Gasteiger partial charge in [-0.1, -0.05) is 18.2 Å². The Bertz CT molecular complexity index is 1300. The first-order chi connectivity index (χ1) is 17.7. The van der Waals surface area contributed by atoms with Gasteiger partial charge in [-0.25, -0.2) is 0 Å². The Morgan fingerprint density at radius 3 is 2.21 bits per heavy atom. The van der Waals surface area contributed by atoms with Crippen molar-refractivity contribution in [2.45, 2.75) is 24.8 Å². The van der Waals surface area contributed by atoms with Crippen molar-refractivity contribution in [1.82, 2.24) is 19.7 Å². The Morgan fingerprint density at radius 2 is 1.61 bits per heavy atom. The van der Waals surface area contributed by atoms with Crippen molar-refractivity contribution in [2.24, 2.45) is 0 Å². The second kappa shape index (κ2) is 10.3. The maximum Gasteiger partial charge on any atom is 0.416 e. The number of H-pyrrole nitrogens is 1. The van der Waals surface area contributed by atoms with Gasteiger partial charge in [0.1, 0.15) is 0 Å². The van der Waals surface area contributed by atoms with Crippen LogP contribution >= 0.6 is 0 Å². The van der Waals surface area contributed by atoms with Crippen molar-refractivity contribution >= 4 is 22.7 Å². The van der Waals surface area contributed by atoms with Crippen LogP contribution < -0.4 is 0 Å². The summed E-state index contributed by atoms with van der Waals surface area (Å²) in [6.07, 6.45) is -8.08. The molecule has 4 rings (SSSR count). The van der Waals surface area contributed by atoms with Crippen LogP contribution in [0.2, 0.25) is 0 Å². The Labute approximate surface area is 214 Å². The number of likely N-dealkylation sites (N-methyl/N-ethyl adjacent to an activating group) is 1. The molecule has 2 heterocycles. The van der Waals surface area contributed by atoms with Crippen LogP contribution in [0.4, 0.5) is 26.3 Å². The van der Waals surface area contributed by atoms with Crippen LogP contribution in [0.15, 0.2) is 48.7 Å². The van der Waals surface area contributed by atoms with Crippen LogP contribution in [0, 0.1) is 0 Å². The lowest BCUT2D eigenvalue weighted by atomic mass is 9.98. The Morgan fingerprint density at radius 1 is 0.974 bits per heavy atom. The number of benzene rings is 2. The number of halogens is 6. The van der Waals surface area contributed by atoms with Gasteiger partial charge in [0.2, 0.25) is 5.91 Å². The molecule has 0 bridgehead atoms. The monoisotopic (exact) mass is 540 g/mol. The van der Waals surface area contributed by atoms with E-state index in [1.807, 2.05) is 29.2 Å². The number of nitrogens with one attached hydrogen (secondary N) is 1. The normalized spacial score (nSPS) is 17.2. The number of para-hydroxylation sites is 1. The molecule has 6 nitrogen and oxygen atoms in total. The SMILES string of the molecule is CN(C)C(=O)CN1CCN(C(=O)c2cc(C(F)(F)F)cc(C(F)(F)F)c2)C(Cc2c[nH]c3ccccc23)C1. The van der Waals surface area contributed by atoms with Crippen LogP contribution in [-0.4, -0.2) is 77.8 Å². The van der Waals surface area contributed by atoms with Gasteiger partial charge in [-0.3, -0.25) is 14.5 Å². The predicted molar refractivity (Wildman–Crippen MR) is 128 cm³/mol. The molecule has 38 heavy (non-hydrogen) atoms. The van der Waals surface area contributed by atoms with Gasteiger partial charge in [0.25, 0.3) is 5.91 Å². The van der Waals surface area contributed by atoms with Crippen LogP contribution in [0.25, 0.3) is 10.9 Å². The van der Waals surface area contributed by atoms with E-state index in [4.69, 9.17) is 0 Å². The van der Waals surface area contributed by atoms with Crippen molar-refractivity contribution in [1.29, 1.82) is 0 Å². The molecule has 2 aromatic carbocycles. The van der Waals surface area contributed by atoms with Gasteiger partial charge < -0.3 is 14.8 Å². The molecule has 0 radical (unpaired) electrons. The molecular weight excluding hydrogens is 514 g/mol. The van der Waals surface area contributed by atoms with Crippen LogP contribution in [0.1, 0.15) is 27.0 Å². The number of fused-ring (bicyclic) bond motifs is 1. The first-order valence-corrected chi connectivity index (χ1v) is 11.8. The molecule has 0 aliphatic carbocycles. The minimum Gasteiger partial charge on any atom is -0.361 e. The molecule has 0 spiro atoms. The smallest absolute Gasteiger partial charge is 0.361 e. The zero-order valence-electron chi connectivity index (χ0n) is 20.7. The zero-order chi connectivity index (χ0) is 27.8. The molecule has 1 saturated heterocycles. The van der Waals surface area contributed by atoms with Crippen molar-refractivity contribution in [3.63, 3.8) is 0 Å². The summed E-state index contributed by atoms with van der Waals surface area (Å²) in [7, 11) is 3.22. The van der Waals surface area contributed by atoms with Crippen molar-refractivity contribution in [3.8, 4) is 0 Å². The number of alkyl halides is 6. The molecule has 1 atom stereocenters. The average Bonchev–Trinajstić information content (AvgIpc) is 3.25. The summed E-state index contributed by atoms with van der Waals surface area (Å²) in [4.78, 5) is 33.5. The molecule has 204 valence electrons. The summed E-state index contributed by atoms with van der Waals surface area (Å²) >= 11 is 0. The van der Waals surface area contributed by atoms with Gasteiger partial charge in [-0.15, -0.1) is 0 Å². The van der Waals surface area contributed by atoms with Crippen LogP contribution in [0.5, 0.6) is 0 Å². The van der Waals surface area contributed by atoms with E-state index in [2.05, 4.69) is 4.98 Å². The van der Waals surface area contributed by atoms with E-state index in [1.54, 1.807) is 20.3 Å². The van der Waals surface area contributed by atoms with E-state index in [0.717, 1.165) is 16.5 Å². The van der Waals surface area contributed by atoms with Gasteiger partial charge in [0.15, 0.2) is 0 Å². The number of rotatable bonds is 5. The highest BCUT2D eigenvalue weighted by atomic mass is 19.4. The summed E-state index contributed by atoms with van der Waals surface area (Å²) in [5.41, 5.74) is -2.08. The number of carbonyl (C=O) groups excluding carboxylic acids is 2. The summed E-state index contributed by atoms with van der Waals surface area (Å²) in [6, 6.07) is 7.76. The Balaban J connectivity index is 1.69. The van der Waals surface area contributed by atoms with Gasteiger partial charge in [-0.2, -0.15) is 26.3 Å². The molecule has 1 aliphatic rings. The molecule has 2 amide bonds. The van der Waals surface area contributed by atoms with Crippen LogP contribution in [-0.2, 0) is 23.6 Å². The molecular formula is C26H26F6N4O2. The van der Waals surface area contributed by atoms with Crippen molar-refractivity contribution in [3.05, 3.63) is 70.9 Å². The lowest BCUT2D eigenvalue weighted by molar-refractivity contribution is -0.143. The Hall–Kier alpha value is -3.54. The standard InChI is InChI=1S/C26H26F6N4O2/c1-34(2)23(37)15-35-7-8-36(20(14-35)11-17-13-33-22-6-4-3-5-21(17)22)24(38)16-9-18(25(27,28)29)12-19(10-16)26(30,31)32/h3-6,9-10,12-13,20,33H,7-8,11,14-15H2,1-2H3. The lowest BCUT2D eigenvalue weighted by Crippen LogP contribution is -2.57. The average molecular weight is 541 g/mol. The van der Waals surface area contributed by atoms with E-state index < -0.39 is 41.0 Å². The van der Waals surface area contributed by atoms with Crippen molar-refractivity contribution < 1.29 is 35.9 Å². The fourth-order valence-corrected chi connectivity index (χ4v) is 4.64. The van der Waals surface area contributed by atoms with E-state index in [0.29, 0.717) is 12.1 Å². The third kappa shape index (κ3) is 5.95. The molecule has 1 aliphatic heterocycles. The van der Waals surface area contributed by atoms with Gasteiger partial charge in [-0.05, 0) is 36.2 Å². The third-order valence-electron chi connectivity index (χ3n) is 6.65. The fourth-order valence-electron chi connectivity index (χ4n) is 4.64. The molecule has 1 fully saturated rings. The number of piperazine rings is 1.